The van der Waals surface area contributed by atoms with E-state index in [-0.39, 0.29) is 29.2 Å². The maximum atomic E-state index is 13.2. The molecule has 0 atom stereocenters. The molecule has 30 heavy (non-hydrogen) atoms. The largest absolute Gasteiger partial charge is 0.337 e. The molecule has 152 valence electrons. The summed E-state index contributed by atoms with van der Waals surface area (Å²) in [6.07, 6.45) is 1.28. The Labute approximate surface area is 171 Å². The van der Waals surface area contributed by atoms with E-state index in [4.69, 9.17) is 4.52 Å². The number of fused-ring (bicyclic) bond motifs is 1. The molecule has 0 bridgehead atoms. The Morgan fingerprint density at radius 2 is 1.87 bits per heavy atom. The van der Waals surface area contributed by atoms with Crippen molar-refractivity contribution in [2.75, 3.05) is 6.54 Å². The van der Waals surface area contributed by atoms with Crippen molar-refractivity contribution >= 4 is 17.0 Å². The standard InChI is InChI=1S/C22H19FN4O3/c1-2-26(12-15-6-4-3-5-7-15)18(28)13-27-14-24-21-19(22(27)29)20(25-30-21)16-8-10-17(23)11-9-16/h3-11,14H,2,12-13H2,1H3. The maximum absolute atomic E-state index is 13.2. The predicted octanol–water partition coefficient (Wildman–Crippen LogP) is 3.24. The summed E-state index contributed by atoms with van der Waals surface area (Å²) >= 11 is 0. The Bertz CT molecular complexity index is 1230. The second-order valence-electron chi connectivity index (χ2n) is 6.79. The molecule has 0 fully saturated rings. The molecule has 0 saturated heterocycles. The van der Waals surface area contributed by atoms with Gasteiger partial charge in [-0.3, -0.25) is 14.2 Å². The highest BCUT2D eigenvalue weighted by atomic mass is 19.1. The van der Waals surface area contributed by atoms with Crippen LogP contribution >= 0.6 is 0 Å². The molecule has 0 aliphatic heterocycles. The predicted molar refractivity (Wildman–Crippen MR) is 109 cm³/mol. The van der Waals surface area contributed by atoms with Gasteiger partial charge in [-0.15, -0.1) is 0 Å². The number of carbonyl (C=O) groups is 1. The zero-order valence-electron chi connectivity index (χ0n) is 16.3. The number of hydrogen-bond acceptors (Lipinski definition) is 5. The molecule has 8 heteroatoms. The average Bonchev–Trinajstić information content (AvgIpc) is 3.20. The van der Waals surface area contributed by atoms with Gasteiger partial charge < -0.3 is 9.42 Å². The van der Waals surface area contributed by atoms with E-state index in [9.17, 15) is 14.0 Å². The first kappa shape index (κ1) is 19.5. The van der Waals surface area contributed by atoms with Gasteiger partial charge in [-0.1, -0.05) is 35.5 Å². The third-order valence-electron chi connectivity index (χ3n) is 4.84. The number of nitrogens with zero attached hydrogens (tertiary/aromatic N) is 4. The molecule has 0 unspecified atom stereocenters. The normalized spacial score (nSPS) is 11.0. The van der Waals surface area contributed by atoms with E-state index in [0.29, 0.717) is 18.7 Å². The minimum atomic E-state index is -0.440. The van der Waals surface area contributed by atoms with Crippen LogP contribution < -0.4 is 5.56 Å². The molecule has 0 aliphatic carbocycles. The van der Waals surface area contributed by atoms with Crippen molar-refractivity contribution in [3.05, 3.63) is 82.7 Å². The second-order valence-corrected chi connectivity index (χ2v) is 6.79. The number of amides is 1. The van der Waals surface area contributed by atoms with Gasteiger partial charge in [0.25, 0.3) is 11.3 Å². The first-order chi connectivity index (χ1) is 14.6. The SMILES string of the molecule is CCN(Cc1ccccc1)C(=O)Cn1cnc2onc(-c3ccc(F)cc3)c2c1=O. The molecule has 0 radical (unpaired) electrons. The van der Waals surface area contributed by atoms with Gasteiger partial charge >= 0.3 is 0 Å². The van der Waals surface area contributed by atoms with Crippen LogP contribution in [0.4, 0.5) is 4.39 Å². The van der Waals surface area contributed by atoms with Crippen LogP contribution in [-0.2, 0) is 17.9 Å². The Morgan fingerprint density at radius 1 is 1.13 bits per heavy atom. The van der Waals surface area contributed by atoms with Gasteiger partial charge in [0.2, 0.25) is 5.91 Å². The van der Waals surface area contributed by atoms with Crippen molar-refractivity contribution in [3.63, 3.8) is 0 Å². The van der Waals surface area contributed by atoms with E-state index < -0.39 is 11.4 Å². The van der Waals surface area contributed by atoms with Gasteiger partial charge in [0.1, 0.15) is 29.8 Å². The molecule has 2 aromatic heterocycles. The van der Waals surface area contributed by atoms with Crippen LogP contribution in [0.5, 0.6) is 0 Å². The van der Waals surface area contributed by atoms with Crippen molar-refractivity contribution in [2.45, 2.75) is 20.0 Å². The maximum Gasteiger partial charge on any atom is 0.267 e. The van der Waals surface area contributed by atoms with E-state index in [1.807, 2.05) is 37.3 Å². The van der Waals surface area contributed by atoms with Crippen LogP contribution in [-0.4, -0.2) is 32.1 Å². The smallest absolute Gasteiger partial charge is 0.267 e. The van der Waals surface area contributed by atoms with Crippen molar-refractivity contribution in [1.82, 2.24) is 19.6 Å². The molecule has 2 aromatic carbocycles. The number of carbonyl (C=O) groups excluding carboxylic acids is 1. The summed E-state index contributed by atoms with van der Waals surface area (Å²) in [6, 6.07) is 15.2. The molecule has 0 N–H and O–H groups in total. The minimum absolute atomic E-state index is 0.0691. The lowest BCUT2D eigenvalue weighted by atomic mass is 10.1. The molecule has 4 rings (SSSR count). The summed E-state index contributed by atoms with van der Waals surface area (Å²) in [7, 11) is 0. The first-order valence-corrected chi connectivity index (χ1v) is 9.49. The van der Waals surface area contributed by atoms with E-state index in [0.717, 1.165) is 5.56 Å². The minimum Gasteiger partial charge on any atom is -0.337 e. The van der Waals surface area contributed by atoms with E-state index >= 15 is 0 Å². The number of likely N-dealkylation sites (N-methyl/N-ethyl adjacent to an activating group) is 1. The lowest BCUT2D eigenvalue weighted by Gasteiger charge is -2.21. The number of rotatable bonds is 6. The van der Waals surface area contributed by atoms with Crippen LogP contribution in [0.3, 0.4) is 0 Å². The molecular formula is C22H19FN4O3. The average molecular weight is 406 g/mol. The van der Waals surface area contributed by atoms with E-state index in [2.05, 4.69) is 10.1 Å². The quantitative estimate of drug-likeness (QED) is 0.491. The summed E-state index contributed by atoms with van der Waals surface area (Å²) in [5.74, 6) is -0.602. The second kappa shape index (κ2) is 8.28. The van der Waals surface area contributed by atoms with Gasteiger partial charge in [-0.2, -0.15) is 0 Å². The number of aromatic nitrogens is 3. The Morgan fingerprint density at radius 3 is 2.57 bits per heavy atom. The number of benzene rings is 2. The van der Waals surface area contributed by atoms with Gasteiger partial charge in [-0.25, -0.2) is 9.37 Å². The Kier molecular flexibility index (Phi) is 5.38. The number of halogens is 1. The summed E-state index contributed by atoms with van der Waals surface area (Å²) in [6.45, 7) is 2.69. The zero-order chi connectivity index (χ0) is 21.1. The van der Waals surface area contributed by atoms with E-state index in [1.54, 1.807) is 4.90 Å². The molecule has 2 heterocycles. The first-order valence-electron chi connectivity index (χ1n) is 9.49. The highest BCUT2D eigenvalue weighted by Crippen LogP contribution is 2.24. The van der Waals surface area contributed by atoms with Gasteiger partial charge in [0.15, 0.2) is 0 Å². The highest BCUT2D eigenvalue weighted by Gasteiger charge is 2.19. The lowest BCUT2D eigenvalue weighted by Crippen LogP contribution is -2.36. The van der Waals surface area contributed by atoms with Crippen LogP contribution in [0.1, 0.15) is 12.5 Å². The molecule has 4 aromatic rings. The summed E-state index contributed by atoms with van der Waals surface area (Å²) in [4.78, 5) is 31.6. The zero-order valence-corrected chi connectivity index (χ0v) is 16.3. The molecule has 0 saturated carbocycles. The fraction of sp³-hybridized carbons (Fsp3) is 0.182. The topological polar surface area (TPSA) is 81.2 Å². The van der Waals surface area contributed by atoms with Gasteiger partial charge in [-0.05, 0) is 36.8 Å². The van der Waals surface area contributed by atoms with Crippen LogP contribution in [0.15, 0.2) is 70.2 Å². The third kappa shape index (κ3) is 3.84. The summed E-state index contributed by atoms with van der Waals surface area (Å²) in [5.41, 5.74) is 1.42. The third-order valence-corrected chi connectivity index (χ3v) is 4.84. The monoisotopic (exact) mass is 406 g/mol. The van der Waals surface area contributed by atoms with Crippen molar-refractivity contribution in [1.29, 1.82) is 0 Å². The van der Waals surface area contributed by atoms with Crippen molar-refractivity contribution in [3.8, 4) is 11.3 Å². The van der Waals surface area contributed by atoms with Crippen LogP contribution in [0.2, 0.25) is 0 Å². The fourth-order valence-corrected chi connectivity index (χ4v) is 3.22. The molecule has 1 amide bonds. The Hall–Kier alpha value is -3.81. The molecule has 0 spiro atoms. The molecule has 0 aliphatic rings. The van der Waals surface area contributed by atoms with Crippen LogP contribution in [0.25, 0.3) is 22.4 Å². The summed E-state index contributed by atoms with van der Waals surface area (Å²) in [5, 5.41) is 4.07. The fourth-order valence-electron chi connectivity index (χ4n) is 3.22. The summed E-state index contributed by atoms with van der Waals surface area (Å²) < 4.78 is 19.6. The van der Waals surface area contributed by atoms with E-state index in [1.165, 1.54) is 35.2 Å². The molecule has 7 nitrogen and oxygen atoms in total. The van der Waals surface area contributed by atoms with Crippen LogP contribution in [0, 0.1) is 5.82 Å². The van der Waals surface area contributed by atoms with Gasteiger partial charge in [0, 0.05) is 18.7 Å². The number of hydrogen-bond donors (Lipinski definition) is 0. The van der Waals surface area contributed by atoms with Crippen molar-refractivity contribution in [2.24, 2.45) is 0 Å². The van der Waals surface area contributed by atoms with Crippen molar-refractivity contribution < 1.29 is 13.7 Å². The Balaban J connectivity index is 1.63. The van der Waals surface area contributed by atoms with Gasteiger partial charge in [0.05, 0.1) is 0 Å². The highest BCUT2D eigenvalue weighted by molar-refractivity contribution is 5.88. The lowest BCUT2D eigenvalue weighted by molar-refractivity contribution is -0.132. The molecular weight excluding hydrogens is 387 g/mol.